The molecule has 0 unspecified atom stereocenters. The summed E-state index contributed by atoms with van der Waals surface area (Å²) in [6, 6.07) is 0. The zero-order chi connectivity index (χ0) is 17.0. The van der Waals surface area contributed by atoms with Gasteiger partial charge in [-0.15, -0.1) is 11.3 Å². The summed E-state index contributed by atoms with van der Waals surface area (Å²) in [4.78, 5) is 18.3. The minimum absolute atomic E-state index is 0.00820. The summed E-state index contributed by atoms with van der Waals surface area (Å²) in [5, 5.41) is 2.75. The Morgan fingerprint density at radius 1 is 1.29 bits per heavy atom. The maximum absolute atomic E-state index is 12.4. The van der Waals surface area contributed by atoms with Crippen molar-refractivity contribution in [2.24, 2.45) is 0 Å². The summed E-state index contributed by atoms with van der Waals surface area (Å²) >= 11 is 1.51. The Balaban J connectivity index is 1.71. The van der Waals surface area contributed by atoms with E-state index in [0.29, 0.717) is 52.7 Å². The van der Waals surface area contributed by atoms with Crippen molar-refractivity contribution in [1.29, 1.82) is 0 Å². The predicted molar refractivity (Wildman–Crippen MR) is 86.7 cm³/mol. The van der Waals surface area contributed by atoms with Gasteiger partial charge in [-0.1, -0.05) is 0 Å². The van der Waals surface area contributed by atoms with Crippen LogP contribution in [0.5, 0.6) is 0 Å². The van der Waals surface area contributed by atoms with Crippen LogP contribution < -0.4 is 0 Å². The molecule has 0 aliphatic carbocycles. The molecule has 1 aliphatic heterocycles. The van der Waals surface area contributed by atoms with Gasteiger partial charge < -0.3 is 28.6 Å². The molecule has 2 heterocycles. The van der Waals surface area contributed by atoms with E-state index in [1.807, 2.05) is 5.38 Å². The minimum atomic E-state index is -0.383. The number of hydrogen-bond acceptors (Lipinski definition) is 8. The maximum atomic E-state index is 12.4. The Labute approximate surface area is 145 Å². The van der Waals surface area contributed by atoms with Crippen molar-refractivity contribution in [3.8, 4) is 0 Å². The van der Waals surface area contributed by atoms with Crippen LogP contribution in [0.1, 0.15) is 5.01 Å². The first-order valence-electron chi connectivity index (χ1n) is 7.83. The molecule has 1 fully saturated rings. The van der Waals surface area contributed by atoms with E-state index < -0.39 is 0 Å². The van der Waals surface area contributed by atoms with Gasteiger partial charge in [-0.2, -0.15) is 0 Å². The lowest BCUT2D eigenvalue weighted by atomic mass is 10.4. The average Bonchev–Trinajstić information content (AvgIpc) is 3.27. The molecular weight excluding hydrogens is 336 g/mol. The smallest absolute Gasteiger partial charge is 0.249 e. The van der Waals surface area contributed by atoms with Crippen molar-refractivity contribution < 1.29 is 28.5 Å². The number of rotatable bonds is 12. The third kappa shape index (κ3) is 7.20. The Morgan fingerprint density at radius 2 is 2.04 bits per heavy atom. The molecule has 1 saturated heterocycles. The van der Waals surface area contributed by atoms with Crippen LogP contribution in [0, 0.1) is 0 Å². The van der Waals surface area contributed by atoms with Crippen molar-refractivity contribution in [3.63, 3.8) is 0 Å². The maximum Gasteiger partial charge on any atom is 0.249 e. The second-order valence-corrected chi connectivity index (χ2v) is 6.01. The number of nitrogens with zero attached hydrogens (tertiary/aromatic N) is 2. The van der Waals surface area contributed by atoms with Gasteiger partial charge in [-0.05, 0) is 0 Å². The molecule has 1 amide bonds. The normalized spacial score (nSPS) is 15.0. The molecule has 0 atom stereocenters. The second-order valence-electron chi connectivity index (χ2n) is 5.03. The lowest BCUT2D eigenvalue weighted by Crippen LogP contribution is -2.39. The fourth-order valence-corrected chi connectivity index (χ4v) is 2.69. The van der Waals surface area contributed by atoms with E-state index in [2.05, 4.69) is 4.98 Å². The third-order valence-corrected chi connectivity index (χ3v) is 4.02. The highest BCUT2D eigenvalue weighted by molar-refractivity contribution is 7.09. The van der Waals surface area contributed by atoms with Crippen LogP contribution >= 0.6 is 11.3 Å². The van der Waals surface area contributed by atoms with E-state index in [4.69, 9.17) is 23.7 Å². The van der Waals surface area contributed by atoms with E-state index in [1.54, 1.807) is 18.2 Å². The topological polar surface area (TPSA) is 79.4 Å². The minimum Gasteiger partial charge on any atom is -0.382 e. The Morgan fingerprint density at radius 3 is 2.75 bits per heavy atom. The average molecular weight is 360 g/mol. The van der Waals surface area contributed by atoms with Crippen molar-refractivity contribution in [3.05, 3.63) is 16.6 Å². The molecule has 9 heteroatoms. The van der Waals surface area contributed by atoms with E-state index in [-0.39, 0.29) is 18.8 Å². The molecule has 1 aromatic rings. The van der Waals surface area contributed by atoms with Gasteiger partial charge >= 0.3 is 0 Å². The van der Waals surface area contributed by atoms with E-state index in [0.717, 1.165) is 5.01 Å². The fraction of sp³-hybridized carbons (Fsp3) is 0.733. The van der Waals surface area contributed by atoms with Gasteiger partial charge in [0.05, 0.1) is 52.7 Å². The van der Waals surface area contributed by atoms with Crippen LogP contribution in [0.15, 0.2) is 11.6 Å². The molecule has 0 bridgehead atoms. The fourth-order valence-electron chi connectivity index (χ4n) is 2.05. The molecule has 1 aliphatic rings. The van der Waals surface area contributed by atoms with Gasteiger partial charge in [0.2, 0.25) is 5.91 Å². The van der Waals surface area contributed by atoms with Crippen LogP contribution in [0.3, 0.4) is 0 Å². The number of hydrogen-bond donors (Lipinski definition) is 0. The highest BCUT2D eigenvalue weighted by Crippen LogP contribution is 2.12. The van der Waals surface area contributed by atoms with E-state index in [1.165, 1.54) is 11.3 Å². The van der Waals surface area contributed by atoms with Crippen LogP contribution in [-0.4, -0.2) is 82.0 Å². The van der Waals surface area contributed by atoms with Crippen LogP contribution in [-0.2, 0) is 35.0 Å². The number of ether oxygens (including phenoxy) is 5. The summed E-state index contributed by atoms with van der Waals surface area (Å²) in [5.74, 6) is -0.124. The molecule has 2 rings (SSSR count). The first-order chi connectivity index (χ1) is 11.8. The van der Waals surface area contributed by atoms with Gasteiger partial charge in [-0.25, -0.2) is 4.98 Å². The summed E-state index contributed by atoms with van der Waals surface area (Å²) in [6.45, 7) is 3.74. The summed E-state index contributed by atoms with van der Waals surface area (Å²) in [7, 11) is 1.62. The number of methoxy groups -OCH3 is 1. The van der Waals surface area contributed by atoms with Crippen LogP contribution in [0.2, 0.25) is 0 Å². The zero-order valence-corrected chi connectivity index (χ0v) is 14.7. The summed E-state index contributed by atoms with van der Waals surface area (Å²) in [6.07, 6.45) is 1.34. The molecule has 136 valence electrons. The van der Waals surface area contributed by atoms with Crippen molar-refractivity contribution in [2.75, 3.05) is 59.9 Å². The molecule has 0 saturated carbocycles. The molecule has 0 spiro atoms. The molecule has 1 aromatic heterocycles. The quantitative estimate of drug-likeness (QED) is 0.503. The molecule has 24 heavy (non-hydrogen) atoms. The molecule has 0 N–H and O–H groups in total. The van der Waals surface area contributed by atoms with Gasteiger partial charge in [0.25, 0.3) is 0 Å². The predicted octanol–water partition coefficient (Wildman–Crippen LogP) is 0.524. The Kier molecular flexibility index (Phi) is 9.18. The number of amides is 1. The Bertz CT molecular complexity index is 453. The van der Waals surface area contributed by atoms with E-state index >= 15 is 0 Å². The highest BCUT2D eigenvalue weighted by atomic mass is 32.1. The standard InChI is InChI=1S/C15H24N2O6S/c1-19-3-4-20-5-6-21-12-14(18)17(10-13-16-2-9-24-13)11-15-22-7-8-23-15/h2,9,15H,3-8,10-12H2,1H3. The lowest BCUT2D eigenvalue weighted by Gasteiger charge is -2.24. The lowest BCUT2D eigenvalue weighted by molar-refractivity contribution is -0.143. The molecule has 8 nitrogen and oxygen atoms in total. The number of aromatic nitrogens is 1. The third-order valence-electron chi connectivity index (χ3n) is 3.25. The van der Waals surface area contributed by atoms with Crippen molar-refractivity contribution in [1.82, 2.24) is 9.88 Å². The SMILES string of the molecule is COCCOCCOCC(=O)N(Cc1nccs1)CC1OCCO1. The van der Waals surface area contributed by atoms with Crippen molar-refractivity contribution in [2.45, 2.75) is 12.8 Å². The molecular formula is C15H24N2O6S. The van der Waals surface area contributed by atoms with Crippen LogP contribution in [0.4, 0.5) is 0 Å². The first-order valence-corrected chi connectivity index (χ1v) is 8.71. The second kappa shape index (κ2) is 11.5. The Hall–Kier alpha value is -1.10. The number of carbonyl (C=O) groups excluding carboxylic acids is 1. The summed E-state index contributed by atoms with van der Waals surface area (Å²) < 4.78 is 26.4. The largest absolute Gasteiger partial charge is 0.382 e. The van der Waals surface area contributed by atoms with Crippen LogP contribution in [0.25, 0.3) is 0 Å². The molecule has 0 aromatic carbocycles. The van der Waals surface area contributed by atoms with Gasteiger partial charge in [0.1, 0.15) is 11.6 Å². The van der Waals surface area contributed by atoms with Gasteiger partial charge in [-0.3, -0.25) is 4.79 Å². The van der Waals surface area contributed by atoms with Gasteiger partial charge in [0, 0.05) is 18.7 Å². The highest BCUT2D eigenvalue weighted by Gasteiger charge is 2.24. The number of carbonyl (C=O) groups is 1. The van der Waals surface area contributed by atoms with E-state index in [9.17, 15) is 4.79 Å². The first kappa shape index (κ1) is 19.2. The van der Waals surface area contributed by atoms with Gasteiger partial charge in [0.15, 0.2) is 6.29 Å². The number of thiazole rings is 1. The monoisotopic (exact) mass is 360 g/mol. The van der Waals surface area contributed by atoms with Crippen molar-refractivity contribution >= 4 is 17.2 Å². The molecule has 0 radical (unpaired) electrons. The zero-order valence-electron chi connectivity index (χ0n) is 13.8. The summed E-state index contributed by atoms with van der Waals surface area (Å²) in [5.41, 5.74) is 0.